The summed E-state index contributed by atoms with van der Waals surface area (Å²) in [6, 6.07) is 0.720. The van der Waals surface area contributed by atoms with Crippen molar-refractivity contribution in [2.75, 3.05) is 19.7 Å². The summed E-state index contributed by atoms with van der Waals surface area (Å²) in [6.07, 6.45) is 6.61. The van der Waals surface area contributed by atoms with Gasteiger partial charge in [-0.25, -0.2) is 0 Å². The lowest BCUT2D eigenvalue weighted by Gasteiger charge is -2.43. The number of aliphatic hydroxyl groups is 1. The van der Waals surface area contributed by atoms with Gasteiger partial charge in [0.05, 0.1) is 0 Å². The predicted molar refractivity (Wildman–Crippen MR) is 49.0 cm³/mol. The third-order valence-electron chi connectivity index (χ3n) is 3.46. The van der Waals surface area contributed by atoms with Gasteiger partial charge in [0.2, 0.25) is 0 Å². The molecule has 12 heavy (non-hydrogen) atoms. The highest BCUT2D eigenvalue weighted by atomic mass is 16.3. The van der Waals surface area contributed by atoms with E-state index in [0.717, 1.165) is 6.04 Å². The van der Waals surface area contributed by atoms with Crippen molar-refractivity contribution in [3.05, 3.63) is 0 Å². The van der Waals surface area contributed by atoms with Gasteiger partial charge in [-0.1, -0.05) is 6.42 Å². The molecular weight excluding hydrogens is 150 g/mol. The number of rotatable bonds is 1. The van der Waals surface area contributed by atoms with Gasteiger partial charge in [0.15, 0.2) is 0 Å². The quantitative estimate of drug-likeness (QED) is 0.638. The van der Waals surface area contributed by atoms with E-state index < -0.39 is 0 Å². The molecule has 0 radical (unpaired) electrons. The number of piperidine rings is 2. The largest absolute Gasteiger partial charge is 0.396 e. The fraction of sp³-hybridized carbons (Fsp3) is 1.00. The van der Waals surface area contributed by atoms with Gasteiger partial charge in [0.1, 0.15) is 0 Å². The zero-order valence-electron chi connectivity index (χ0n) is 7.71. The van der Waals surface area contributed by atoms with E-state index in [-0.39, 0.29) is 0 Å². The summed E-state index contributed by atoms with van der Waals surface area (Å²) in [5.74, 6) is 0.582. The second-order valence-electron chi connectivity index (χ2n) is 4.18. The van der Waals surface area contributed by atoms with E-state index in [0.29, 0.717) is 12.5 Å². The van der Waals surface area contributed by atoms with E-state index in [9.17, 15) is 5.11 Å². The third kappa shape index (κ3) is 1.50. The van der Waals surface area contributed by atoms with Crippen LogP contribution in [0, 0.1) is 5.92 Å². The second kappa shape index (κ2) is 3.75. The van der Waals surface area contributed by atoms with Crippen LogP contribution in [-0.2, 0) is 0 Å². The molecule has 2 saturated heterocycles. The molecule has 2 nitrogen and oxygen atoms in total. The standard InChI is InChI=1S/C10H19NO/c12-8-9-4-3-7-11-6-2-1-5-10(9)11/h9-10,12H,1-8H2/t9-,10+/m0/s1. The van der Waals surface area contributed by atoms with E-state index in [4.69, 9.17) is 0 Å². The smallest absolute Gasteiger partial charge is 0.0474 e. The molecular formula is C10H19NO. The first kappa shape index (κ1) is 8.52. The molecule has 70 valence electrons. The second-order valence-corrected chi connectivity index (χ2v) is 4.18. The van der Waals surface area contributed by atoms with Crippen molar-refractivity contribution in [1.82, 2.24) is 4.90 Å². The van der Waals surface area contributed by atoms with Crippen molar-refractivity contribution in [2.24, 2.45) is 5.92 Å². The van der Waals surface area contributed by atoms with Crippen LogP contribution in [0.1, 0.15) is 32.1 Å². The molecule has 0 aliphatic carbocycles. The Labute approximate surface area is 74.6 Å². The van der Waals surface area contributed by atoms with Gasteiger partial charge >= 0.3 is 0 Å². The van der Waals surface area contributed by atoms with E-state index in [2.05, 4.69) is 4.90 Å². The highest BCUT2D eigenvalue weighted by Gasteiger charge is 2.32. The zero-order chi connectivity index (χ0) is 8.39. The molecule has 0 aromatic rings. The molecule has 2 aliphatic rings. The van der Waals surface area contributed by atoms with Crippen LogP contribution in [0.2, 0.25) is 0 Å². The van der Waals surface area contributed by atoms with Crippen LogP contribution in [0.15, 0.2) is 0 Å². The van der Waals surface area contributed by atoms with Gasteiger partial charge in [-0.15, -0.1) is 0 Å². The van der Waals surface area contributed by atoms with Crippen LogP contribution in [0.25, 0.3) is 0 Å². The molecule has 0 saturated carbocycles. The van der Waals surface area contributed by atoms with Gasteiger partial charge in [-0.2, -0.15) is 0 Å². The fourth-order valence-corrected chi connectivity index (χ4v) is 2.79. The highest BCUT2D eigenvalue weighted by molar-refractivity contribution is 4.86. The SMILES string of the molecule is OC[C@@H]1CCCN2CCCC[C@H]12. The number of hydrogen-bond acceptors (Lipinski definition) is 2. The van der Waals surface area contributed by atoms with Crippen molar-refractivity contribution in [2.45, 2.75) is 38.1 Å². The Kier molecular flexibility index (Phi) is 2.66. The van der Waals surface area contributed by atoms with Crippen LogP contribution in [0.5, 0.6) is 0 Å². The Morgan fingerprint density at radius 3 is 2.75 bits per heavy atom. The van der Waals surface area contributed by atoms with Crippen molar-refractivity contribution in [3.8, 4) is 0 Å². The van der Waals surface area contributed by atoms with Gasteiger partial charge in [-0.3, -0.25) is 0 Å². The van der Waals surface area contributed by atoms with Gasteiger partial charge in [-0.05, 0) is 44.7 Å². The fourth-order valence-electron chi connectivity index (χ4n) is 2.79. The van der Waals surface area contributed by atoms with Gasteiger partial charge in [0.25, 0.3) is 0 Å². The average molecular weight is 169 g/mol. The van der Waals surface area contributed by atoms with Crippen molar-refractivity contribution < 1.29 is 5.11 Å². The Balaban J connectivity index is 1.99. The first-order chi connectivity index (χ1) is 5.92. The summed E-state index contributed by atoms with van der Waals surface area (Å²) < 4.78 is 0. The number of hydrogen-bond donors (Lipinski definition) is 1. The summed E-state index contributed by atoms with van der Waals surface area (Å²) in [6.45, 7) is 2.96. The van der Waals surface area contributed by atoms with Crippen molar-refractivity contribution >= 4 is 0 Å². The number of aliphatic hydroxyl groups excluding tert-OH is 1. The first-order valence-electron chi connectivity index (χ1n) is 5.26. The number of fused-ring (bicyclic) bond motifs is 1. The minimum Gasteiger partial charge on any atom is -0.396 e. The minimum atomic E-state index is 0.404. The van der Waals surface area contributed by atoms with E-state index >= 15 is 0 Å². The Morgan fingerprint density at radius 2 is 1.92 bits per heavy atom. The van der Waals surface area contributed by atoms with E-state index in [1.807, 2.05) is 0 Å². The molecule has 0 bridgehead atoms. The molecule has 0 aromatic heterocycles. The number of nitrogens with zero attached hydrogens (tertiary/aromatic N) is 1. The van der Waals surface area contributed by atoms with Crippen LogP contribution < -0.4 is 0 Å². The zero-order valence-corrected chi connectivity index (χ0v) is 7.71. The lowest BCUT2D eigenvalue weighted by Crippen LogP contribution is -2.48. The first-order valence-corrected chi connectivity index (χ1v) is 5.26. The Bertz CT molecular complexity index is 140. The predicted octanol–water partition coefficient (Wildman–Crippen LogP) is 1.24. The Hall–Kier alpha value is -0.0800. The van der Waals surface area contributed by atoms with E-state index in [1.165, 1.54) is 45.2 Å². The topological polar surface area (TPSA) is 23.5 Å². The molecule has 2 heterocycles. The molecule has 2 aliphatic heterocycles. The van der Waals surface area contributed by atoms with E-state index in [1.54, 1.807) is 0 Å². The van der Waals surface area contributed by atoms with Gasteiger partial charge in [0, 0.05) is 12.6 Å². The summed E-state index contributed by atoms with van der Waals surface area (Å²) in [5, 5.41) is 9.20. The molecule has 2 fully saturated rings. The summed E-state index contributed by atoms with van der Waals surface area (Å²) in [4.78, 5) is 2.59. The Morgan fingerprint density at radius 1 is 1.08 bits per heavy atom. The molecule has 0 amide bonds. The summed E-state index contributed by atoms with van der Waals surface area (Å²) in [5.41, 5.74) is 0. The molecule has 0 aromatic carbocycles. The van der Waals surface area contributed by atoms with Crippen molar-refractivity contribution in [3.63, 3.8) is 0 Å². The van der Waals surface area contributed by atoms with Crippen LogP contribution >= 0.6 is 0 Å². The lowest BCUT2D eigenvalue weighted by atomic mass is 9.84. The lowest BCUT2D eigenvalue weighted by molar-refractivity contribution is 0.0312. The maximum absolute atomic E-state index is 9.20. The van der Waals surface area contributed by atoms with Crippen LogP contribution in [-0.4, -0.2) is 35.7 Å². The van der Waals surface area contributed by atoms with Gasteiger partial charge < -0.3 is 10.0 Å². The molecule has 0 unspecified atom stereocenters. The average Bonchev–Trinajstić information content (AvgIpc) is 2.17. The third-order valence-corrected chi connectivity index (χ3v) is 3.46. The molecule has 2 rings (SSSR count). The molecule has 1 N–H and O–H groups in total. The minimum absolute atomic E-state index is 0.404. The van der Waals surface area contributed by atoms with Crippen LogP contribution in [0.3, 0.4) is 0 Å². The summed E-state index contributed by atoms with van der Waals surface area (Å²) >= 11 is 0. The van der Waals surface area contributed by atoms with Crippen LogP contribution in [0.4, 0.5) is 0 Å². The normalized spacial score (nSPS) is 37.8. The van der Waals surface area contributed by atoms with Crippen molar-refractivity contribution in [1.29, 1.82) is 0 Å². The molecule has 2 atom stereocenters. The monoisotopic (exact) mass is 169 g/mol. The molecule has 0 spiro atoms. The summed E-state index contributed by atoms with van der Waals surface area (Å²) in [7, 11) is 0. The maximum Gasteiger partial charge on any atom is 0.0474 e. The molecule has 2 heteroatoms. The highest BCUT2D eigenvalue weighted by Crippen LogP contribution is 2.30. The maximum atomic E-state index is 9.20.